The zero-order chi connectivity index (χ0) is 19.2. The lowest BCUT2D eigenvalue weighted by Gasteiger charge is -2.29. The molecule has 1 aliphatic rings. The molecule has 1 heterocycles. The van der Waals surface area contributed by atoms with E-state index in [1.807, 2.05) is 24.3 Å². The lowest BCUT2D eigenvalue weighted by Crippen LogP contribution is -2.47. The average Bonchev–Trinajstić information content (AvgIpc) is 3.02. The molecule has 0 radical (unpaired) electrons. The van der Waals surface area contributed by atoms with Gasteiger partial charge in [0.15, 0.2) is 5.79 Å². The Hall–Kier alpha value is -1.83. The highest BCUT2D eigenvalue weighted by atomic mass is 16.7. The van der Waals surface area contributed by atoms with Crippen LogP contribution in [-0.2, 0) is 20.6 Å². The van der Waals surface area contributed by atoms with Crippen LogP contribution < -0.4 is 10.1 Å². The summed E-state index contributed by atoms with van der Waals surface area (Å²) in [5, 5.41) is 11.9. The van der Waals surface area contributed by atoms with Gasteiger partial charge >= 0.3 is 6.09 Å². The highest BCUT2D eigenvalue weighted by molar-refractivity contribution is 5.67. The number of carbonyl (C=O) groups is 1. The third-order valence-corrected chi connectivity index (χ3v) is 3.73. The normalized spacial score (nSPS) is 17.6. The fraction of sp³-hybridized carbons (Fsp3) is 0.632. The summed E-state index contributed by atoms with van der Waals surface area (Å²) in [4.78, 5) is 12.0. The number of benzene rings is 1. The highest BCUT2D eigenvalue weighted by Gasteiger charge is 2.38. The van der Waals surface area contributed by atoms with Crippen molar-refractivity contribution in [2.24, 2.45) is 0 Å². The molecule has 7 nitrogen and oxygen atoms in total. The molecule has 0 bridgehead atoms. The lowest BCUT2D eigenvalue weighted by atomic mass is 10.0. The van der Waals surface area contributed by atoms with Gasteiger partial charge < -0.3 is 29.4 Å². The van der Waals surface area contributed by atoms with E-state index in [-0.39, 0.29) is 19.3 Å². The second-order valence-corrected chi connectivity index (χ2v) is 7.36. The predicted molar refractivity (Wildman–Crippen MR) is 96.2 cm³/mol. The molecule has 1 saturated heterocycles. The van der Waals surface area contributed by atoms with Crippen molar-refractivity contribution in [3.63, 3.8) is 0 Å². The Bertz CT molecular complexity index is 592. The largest absolute Gasteiger partial charge is 0.488 e. The Kier molecular flexibility index (Phi) is 6.86. The first kappa shape index (κ1) is 20.5. The van der Waals surface area contributed by atoms with Crippen LogP contribution in [0.3, 0.4) is 0 Å². The molecule has 7 heteroatoms. The van der Waals surface area contributed by atoms with Crippen molar-refractivity contribution in [1.82, 2.24) is 5.32 Å². The fourth-order valence-electron chi connectivity index (χ4n) is 2.59. The van der Waals surface area contributed by atoms with Gasteiger partial charge in [0.1, 0.15) is 17.5 Å². The first-order valence-corrected chi connectivity index (χ1v) is 8.83. The summed E-state index contributed by atoms with van der Waals surface area (Å²) in [6.07, 6.45) is -0.441. The first-order valence-electron chi connectivity index (χ1n) is 8.83. The van der Waals surface area contributed by atoms with Crippen molar-refractivity contribution in [3.8, 4) is 5.75 Å². The Labute approximate surface area is 154 Å². The number of aliphatic hydroxyl groups is 1. The minimum atomic E-state index is -0.973. The van der Waals surface area contributed by atoms with E-state index in [4.69, 9.17) is 18.9 Å². The second kappa shape index (κ2) is 8.70. The van der Waals surface area contributed by atoms with Gasteiger partial charge in [-0.2, -0.15) is 0 Å². The van der Waals surface area contributed by atoms with Gasteiger partial charge in [0.25, 0.3) is 0 Å². The van der Waals surface area contributed by atoms with Crippen LogP contribution in [0.25, 0.3) is 0 Å². The minimum Gasteiger partial charge on any atom is -0.488 e. The Morgan fingerprint density at radius 3 is 2.58 bits per heavy atom. The van der Waals surface area contributed by atoms with Gasteiger partial charge in [0, 0.05) is 6.42 Å². The number of para-hydroxylation sites is 1. The van der Waals surface area contributed by atoms with Crippen molar-refractivity contribution in [2.45, 2.75) is 51.6 Å². The summed E-state index contributed by atoms with van der Waals surface area (Å²) in [6, 6.07) is 7.52. The van der Waals surface area contributed by atoms with Crippen LogP contribution >= 0.6 is 0 Å². The van der Waals surface area contributed by atoms with Crippen LogP contribution in [0.4, 0.5) is 4.79 Å². The van der Waals surface area contributed by atoms with E-state index in [1.54, 1.807) is 27.7 Å². The number of carbonyl (C=O) groups excluding carboxylic acids is 1. The molecule has 1 aromatic carbocycles. The third kappa shape index (κ3) is 6.16. The van der Waals surface area contributed by atoms with Crippen LogP contribution in [0.5, 0.6) is 5.75 Å². The molecule has 26 heavy (non-hydrogen) atoms. The van der Waals surface area contributed by atoms with Crippen LogP contribution in [-0.4, -0.2) is 55.1 Å². The summed E-state index contributed by atoms with van der Waals surface area (Å²) < 4.78 is 22.7. The Morgan fingerprint density at radius 1 is 1.31 bits per heavy atom. The highest BCUT2D eigenvalue weighted by Crippen LogP contribution is 2.29. The molecule has 1 aliphatic heterocycles. The topological polar surface area (TPSA) is 86.3 Å². The number of ether oxygens (including phenoxy) is 4. The maximum Gasteiger partial charge on any atom is 0.407 e. The van der Waals surface area contributed by atoms with Gasteiger partial charge in [-0.25, -0.2) is 4.79 Å². The summed E-state index contributed by atoms with van der Waals surface area (Å²) in [5.41, 5.74) is 0.302. The van der Waals surface area contributed by atoms with Gasteiger partial charge in [-0.3, -0.25) is 0 Å². The number of nitrogens with one attached hydrogen (secondary N) is 1. The van der Waals surface area contributed by atoms with E-state index >= 15 is 0 Å². The van der Waals surface area contributed by atoms with Crippen molar-refractivity contribution in [1.29, 1.82) is 0 Å². The second-order valence-electron chi connectivity index (χ2n) is 7.36. The van der Waals surface area contributed by atoms with Gasteiger partial charge in [0.2, 0.25) is 0 Å². The standard InChI is InChI=1S/C19H29NO6/c1-14(12-21)25-16-8-6-5-7-15(16)11-19(23-9-10-24-19)13-20-17(22)26-18(2,3)4/h5-8,14,21H,9-13H2,1-4H3,(H,20,22)/t14-/m1/s1. The molecule has 0 unspecified atom stereocenters. The lowest BCUT2D eigenvalue weighted by molar-refractivity contribution is -0.152. The van der Waals surface area contributed by atoms with Crippen molar-refractivity contribution in [2.75, 3.05) is 26.4 Å². The summed E-state index contributed by atoms with van der Waals surface area (Å²) in [7, 11) is 0. The quantitative estimate of drug-likeness (QED) is 0.769. The Balaban J connectivity index is 2.07. The van der Waals surface area contributed by atoms with Crippen LogP contribution in [0, 0.1) is 0 Å². The number of hydrogen-bond acceptors (Lipinski definition) is 6. The molecule has 1 atom stereocenters. The van der Waals surface area contributed by atoms with Crippen molar-refractivity contribution >= 4 is 6.09 Å². The summed E-state index contributed by atoms with van der Waals surface area (Å²) in [6.45, 7) is 8.19. The van der Waals surface area contributed by atoms with Crippen molar-refractivity contribution in [3.05, 3.63) is 29.8 Å². The van der Waals surface area contributed by atoms with Crippen LogP contribution in [0.15, 0.2) is 24.3 Å². The van der Waals surface area contributed by atoms with Crippen molar-refractivity contribution < 1.29 is 28.8 Å². The molecule has 1 fully saturated rings. The van der Waals surface area contributed by atoms with E-state index in [2.05, 4.69) is 5.32 Å². The molecule has 146 valence electrons. The smallest absolute Gasteiger partial charge is 0.407 e. The molecule has 0 saturated carbocycles. The van der Waals surface area contributed by atoms with Crippen LogP contribution in [0.1, 0.15) is 33.3 Å². The van der Waals surface area contributed by atoms with E-state index in [0.29, 0.717) is 25.4 Å². The minimum absolute atomic E-state index is 0.0767. The summed E-state index contributed by atoms with van der Waals surface area (Å²) >= 11 is 0. The fourth-order valence-corrected chi connectivity index (χ4v) is 2.59. The average molecular weight is 367 g/mol. The number of amides is 1. The maximum absolute atomic E-state index is 12.0. The number of alkyl carbamates (subject to hydrolysis) is 1. The molecule has 0 aliphatic carbocycles. The number of aliphatic hydroxyl groups excluding tert-OH is 1. The zero-order valence-electron chi connectivity index (χ0n) is 15.9. The molecule has 0 aromatic heterocycles. The van der Waals surface area contributed by atoms with E-state index in [0.717, 1.165) is 5.56 Å². The van der Waals surface area contributed by atoms with Gasteiger partial charge in [0.05, 0.1) is 26.4 Å². The van der Waals surface area contributed by atoms with E-state index in [9.17, 15) is 9.90 Å². The number of hydrogen-bond donors (Lipinski definition) is 2. The van der Waals surface area contributed by atoms with Gasteiger partial charge in [-0.1, -0.05) is 18.2 Å². The number of rotatable bonds is 7. The van der Waals surface area contributed by atoms with Gasteiger partial charge in [-0.15, -0.1) is 0 Å². The predicted octanol–water partition coefficient (Wildman–Crippen LogP) is 2.26. The molecule has 1 aromatic rings. The molecular formula is C19H29NO6. The maximum atomic E-state index is 12.0. The molecule has 0 spiro atoms. The third-order valence-electron chi connectivity index (χ3n) is 3.73. The van der Waals surface area contributed by atoms with E-state index < -0.39 is 17.5 Å². The first-order chi connectivity index (χ1) is 12.2. The zero-order valence-corrected chi connectivity index (χ0v) is 15.9. The molecular weight excluding hydrogens is 338 g/mol. The molecule has 1 amide bonds. The molecule has 2 N–H and O–H groups in total. The SMILES string of the molecule is C[C@H](CO)Oc1ccccc1CC1(CNC(=O)OC(C)(C)C)OCCO1. The van der Waals surface area contributed by atoms with Crippen LogP contribution in [0.2, 0.25) is 0 Å². The van der Waals surface area contributed by atoms with Gasteiger partial charge in [-0.05, 0) is 39.3 Å². The monoisotopic (exact) mass is 367 g/mol. The van der Waals surface area contributed by atoms with E-state index in [1.165, 1.54) is 0 Å². The molecule has 2 rings (SSSR count). The Morgan fingerprint density at radius 2 is 1.96 bits per heavy atom. The summed E-state index contributed by atoms with van der Waals surface area (Å²) in [5.74, 6) is -0.316.